The van der Waals surface area contributed by atoms with Gasteiger partial charge < -0.3 is 5.73 Å². The molecule has 0 radical (unpaired) electrons. The summed E-state index contributed by atoms with van der Waals surface area (Å²) in [5, 5.41) is -0.435. The first-order chi connectivity index (χ1) is 8.03. The van der Waals surface area contributed by atoms with E-state index in [-0.39, 0.29) is 6.04 Å². The van der Waals surface area contributed by atoms with Crippen LogP contribution in [0.25, 0.3) is 0 Å². The first kappa shape index (κ1) is 13.1. The van der Waals surface area contributed by atoms with E-state index in [1.807, 2.05) is 6.07 Å². The van der Waals surface area contributed by atoms with Gasteiger partial charge in [0.05, 0.1) is 10.1 Å². The Morgan fingerprint density at radius 3 is 2.47 bits per heavy atom. The van der Waals surface area contributed by atoms with E-state index >= 15 is 0 Å². The smallest absolute Gasteiger partial charge is 0.183 e. The van der Waals surface area contributed by atoms with Crippen LogP contribution in [0.2, 0.25) is 0 Å². The Labute approximate surface area is 110 Å². The number of hydrogen-bond acceptors (Lipinski definition) is 3. The summed E-state index contributed by atoms with van der Waals surface area (Å²) in [6, 6.07) is 6.71. The van der Waals surface area contributed by atoms with Crippen molar-refractivity contribution in [3.05, 3.63) is 28.7 Å². The quantitative estimate of drug-likeness (QED) is 0.911. The Hall–Kier alpha value is -0.390. The molecule has 2 N–H and O–H groups in total. The summed E-state index contributed by atoms with van der Waals surface area (Å²) >= 11 is 3.30. The van der Waals surface area contributed by atoms with E-state index < -0.39 is 15.1 Å². The van der Waals surface area contributed by atoms with Crippen LogP contribution in [-0.2, 0) is 9.84 Å². The van der Waals surface area contributed by atoms with Gasteiger partial charge in [0.1, 0.15) is 0 Å². The topological polar surface area (TPSA) is 60.2 Å². The van der Waals surface area contributed by atoms with Gasteiger partial charge in [-0.15, -0.1) is 0 Å². The fourth-order valence-electron chi connectivity index (χ4n) is 2.35. The molecule has 0 heterocycles. The van der Waals surface area contributed by atoms with Gasteiger partial charge in [-0.05, 0) is 40.9 Å². The molecule has 1 aromatic rings. The summed E-state index contributed by atoms with van der Waals surface area (Å²) in [7, 11) is -3.31. The molecule has 1 aliphatic rings. The van der Waals surface area contributed by atoms with Gasteiger partial charge in [-0.1, -0.05) is 25.0 Å². The highest BCUT2D eigenvalue weighted by Crippen LogP contribution is 2.31. The molecule has 1 aromatic carbocycles. The minimum atomic E-state index is -3.31. The molecule has 1 saturated carbocycles. The molecule has 0 bridgehead atoms. The lowest BCUT2D eigenvalue weighted by molar-refractivity contribution is 0.432. The monoisotopic (exact) mass is 317 g/mol. The third kappa shape index (κ3) is 2.56. The van der Waals surface area contributed by atoms with E-state index in [0.29, 0.717) is 15.8 Å². The van der Waals surface area contributed by atoms with Crippen molar-refractivity contribution in [3.63, 3.8) is 0 Å². The van der Waals surface area contributed by atoms with E-state index in [0.717, 1.165) is 19.3 Å². The van der Waals surface area contributed by atoms with Crippen molar-refractivity contribution < 1.29 is 8.42 Å². The van der Waals surface area contributed by atoms with Gasteiger partial charge in [-0.3, -0.25) is 0 Å². The maximum absolute atomic E-state index is 12.5. The van der Waals surface area contributed by atoms with Crippen LogP contribution in [0.5, 0.6) is 0 Å². The van der Waals surface area contributed by atoms with Crippen LogP contribution in [0.1, 0.15) is 25.7 Å². The zero-order chi connectivity index (χ0) is 12.5. The molecule has 0 spiro atoms. The Morgan fingerprint density at radius 1 is 1.18 bits per heavy atom. The predicted octanol–water partition coefficient (Wildman–Crippen LogP) is 2.49. The highest BCUT2D eigenvalue weighted by atomic mass is 79.9. The highest BCUT2D eigenvalue weighted by Gasteiger charge is 2.35. The normalized spacial score (nSPS) is 25.8. The van der Waals surface area contributed by atoms with E-state index in [4.69, 9.17) is 5.73 Å². The molecule has 0 aromatic heterocycles. The standard InChI is InChI=1S/C12H16BrNO2S/c13-9-5-1-3-7-11(9)17(15,16)12-8-4-2-6-10(12)14/h1,3,5,7,10,12H,2,4,6,8,14H2. The fraction of sp³-hybridized carbons (Fsp3) is 0.500. The summed E-state index contributed by atoms with van der Waals surface area (Å²) in [6.07, 6.45) is 3.45. The second-order valence-corrected chi connectivity index (χ2v) is 7.45. The Balaban J connectivity index is 2.39. The Kier molecular flexibility index (Phi) is 3.90. The average molecular weight is 318 g/mol. The molecular formula is C12H16BrNO2S. The van der Waals surface area contributed by atoms with Crippen LogP contribution < -0.4 is 5.73 Å². The summed E-state index contributed by atoms with van der Waals surface area (Å²) in [6.45, 7) is 0. The van der Waals surface area contributed by atoms with Crippen molar-refractivity contribution in [1.82, 2.24) is 0 Å². The number of rotatable bonds is 2. The van der Waals surface area contributed by atoms with Crippen LogP contribution in [0.15, 0.2) is 33.6 Å². The summed E-state index contributed by atoms with van der Waals surface area (Å²) in [4.78, 5) is 0.363. The molecule has 0 saturated heterocycles. The molecule has 1 aliphatic carbocycles. The van der Waals surface area contributed by atoms with Crippen molar-refractivity contribution in [2.24, 2.45) is 5.73 Å². The van der Waals surface area contributed by atoms with Crippen LogP contribution in [-0.4, -0.2) is 19.7 Å². The molecule has 0 aliphatic heterocycles. The van der Waals surface area contributed by atoms with Crippen molar-refractivity contribution in [3.8, 4) is 0 Å². The minimum Gasteiger partial charge on any atom is -0.327 e. The zero-order valence-electron chi connectivity index (χ0n) is 9.47. The first-order valence-corrected chi connectivity index (χ1v) is 8.11. The number of halogens is 1. The maximum Gasteiger partial charge on any atom is 0.183 e. The number of sulfone groups is 1. The average Bonchev–Trinajstić information content (AvgIpc) is 2.29. The molecule has 94 valence electrons. The molecule has 1 fully saturated rings. The number of benzene rings is 1. The lowest BCUT2D eigenvalue weighted by Gasteiger charge is -2.28. The number of hydrogen-bond donors (Lipinski definition) is 1. The first-order valence-electron chi connectivity index (χ1n) is 5.77. The molecule has 5 heteroatoms. The van der Waals surface area contributed by atoms with Gasteiger partial charge in [-0.2, -0.15) is 0 Å². The SMILES string of the molecule is NC1CCCCC1S(=O)(=O)c1ccccc1Br. The van der Waals surface area contributed by atoms with Gasteiger partial charge in [0.25, 0.3) is 0 Å². The summed E-state index contributed by atoms with van der Waals surface area (Å²) in [5.41, 5.74) is 5.96. The lowest BCUT2D eigenvalue weighted by Crippen LogP contribution is -2.42. The third-order valence-electron chi connectivity index (χ3n) is 3.30. The third-order valence-corrected chi connectivity index (χ3v) is 6.60. The van der Waals surface area contributed by atoms with Crippen molar-refractivity contribution in [1.29, 1.82) is 0 Å². The minimum absolute atomic E-state index is 0.235. The Bertz CT molecular complexity index is 501. The summed E-state index contributed by atoms with van der Waals surface area (Å²) in [5.74, 6) is 0. The van der Waals surface area contributed by atoms with E-state index in [1.165, 1.54) is 0 Å². The zero-order valence-corrected chi connectivity index (χ0v) is 11.9. The largest absolute Gasteiger partial charge is 0.327 e. The van der Waals surface area contributed by atoms with Crippen LogP contribution in [0.4, 0.5) is 0 Å². The van der Waals surface area contributed by atoms with Crippen LogP contribution >= 0.6 is 15.9 Å². The molecule has 17 heavy (non-hydrogen) atoms. The van der Waals surface area contributed by atoms with E-state index in [2.05, 4.69) is 15.9 Å². The molecule has 0 amide bonds. The van der Waals surface area contributed by atoms with Crippen LogP contribution in [0.3, 0.4) is 0 Å². The Morgan fingerprint density at radius 2 is 1.82 bits per heavy atom. The molecular weight excluding hydrogens is 302 g/mol. The molecule has 3 nitrogen and oxygen atoms in total. The van der Waals surface area contributed by atoms with E-state index in [9.17, 15) is 8.42 Å². The van der Waals surface area contributed by atoms with Crippen LogP contribution in [0, 0.1) is 0 Å². The van der Waals surface area contributed by atoms with Gasteiger partial charge >= 0.3 is 0 Å². The second-order valence-electron chi connectivity index (χ2n) is 4.46. The van der Waals surface area contributed by atoms with Crippen molar-refractivity contribution in [2.45, 2.75) is 41.9 Å². The number of nitrogens with two attached hydrogens (primary N) is 1. The highest BCUT2D eigenvalue weighted by molar-refractivity contribution is 9.10. The second kappa shape index (κ2) is 5.08. The van der Waals surface area contributed by atoms with Gasteiger partial charge in [0.2, 0.25) is 0 Å². The van der Waals surface area contributed by atoms with Gasteiger partial charge in [-0.25, -0.2) is 8.42 Å². The van der Waals surface area contributed by atoms with E-state index in [1.54, 1.807) is 18.2 Å². The van der Waals surface area contributed by atoms with Gasteiger partial charge in [0, 0.05) is 10.5 Å². The molecule has 2 atom stereocenters. The maximum atomic E-state index is 12.5. The molecule has 2 rings (SSSR count). The lowest BCUT2D eigenvalue weighted by atomic mass is 9.96. The van der Waals surface area contributed by atoms with Gasteiger partial charge in [0.15, 0.2) is 9.84 Å². The van der Waals surface area contributed by atoms with Crippen molar-refractivity contribution >= 4 is 25.8 Å². The molecule has 2 unspecified atom stereocenters. The van der Waals surface area contributed by atoms with Crippen molar-refractivity contribution in [2.75, 3.05) is 0 Å². The predicted molar refractivity (Wildman–Crippen MR) is 71.6 cm³/mol. The fourth-order valence-corrected chi connectivity index (χ4v) is 5.32. The summed E-state index contributed by atoms with van der Waals surface area (Å²) < 4.78 is 25.6.